The Morgan fingerprint density at radius 2 is 1.90 bits per heavy atom. The molecule has 3 aromatic rings. The van der Waals surface area contributed by atoms with Crippen LogP contribution in [0, 0.1) is 20.8 Å². The summed E-state index contributed by atoms with van der Waals surface area (Å²) < 4.78 is 7.94. The highest BCUT2D eigenvalue weighted by Gasteiger charge is 2.18. The first kappa shape index (κ1) is 20.5. The molecule has 9 heteroatoms. The van der Waals surface area contributed by atoms with Crippen LogP contribution in [0.25, 0.3) is 5.69 Å². The fourth-order valence-corrected chi connectivity index (χ4v) is 3.01. The Labute approximate surface area is 176 Å². The first-order valence-corrected chi connectivity index (χ1v) is 9.62. The molecule has 0 saturated heterocycles. The lowest BCUT2D eigenvalue weighted by molar-refractivity contribution is -0.123. The number of ether oxygens (including phenoxy) is 1. The second kappa shape index (κ2) is 8.87. The lowest BCUT2D eigenvalue weighted by Gasteiger charge is -2.10. The van der Waals surface area contributed by atoms with E-state index in [9.17, 15) is 9.59 Å². The Bertz CT molecular complexity index is 1060. The third-order valence-electron chi connectivity index (χ3n) is 4.18. The van der Waals surface area contributed by atoms with E-state index in [1.165, 1.54) is 0 Å². The zero-order valence-electron chi connectivity index (χ0n) is 16.2. The third kappa shape index (κ3) is 5.00. The fourth-order valence-electron chi connectivity index (χ4n) is 2.62. The number of nitrogens with zero attached hydrogens (tertiary/aromatic N) is 3. The highest BCUT2D eigenvalue weighted by molar-refractivity contribution is 9.10. The number of carbonyl (C=O) groups excluding carboxylic acids is 2. The molecule has 0 aliphatic rings. The van der Waals surface area contributed by atoms with Gasteiger partial charge in [-0.05, 0) is 56.2 Å². The summed E-state index contributed by atoms with van der Waals surface area (Å²) in [5.41, 5.74) is 8.02. The van der Waals surface area contributed by atoms with Gasteiger partial charge in [-0.2, -0.15) is 0 Å². The minimum absolute atomic E-state index is 0.112. The van der Waals surface area contributed by atoms with Crippen molar-refractivity contribution in [3.8, 4) is 11.4 Å². The highest BCUT2D eigenvalue weighted by Crippen LogP contribution is 2.19. The monoisotopic (exact) mass is 457 g/mol. The van der Waals surface area contributed by atoms with Gasteiger partial charge in [0.05, 0.1) is 11.4 Å². The number of hydrogen-bond donors (Lipinski definition) is 2. The molecule has 0 aliphatic heterocycles. The smallest absolute Gasteiger partial charge is 0.292 e. The molecule has 29 heavy (non-hydrogen) atoms. The van der Waals surface area contributed by atoms with E-state index in [1.54, 1.807) is 11.6 Å². The maximum Gasteiger partial charge on any atom is 0.292 e. The van der Waals surface area contributed by atoms with Crippen LogP contribution in [0.1, 0.15) is 27.3 Å². The standard InChI is InChI=1S/C20H20BrN5O3/c1-12-7-8-13(2)17(9-12)29-11-18(27)22-24-20(28)19-14(3)26(25-23-19)16-6-4-5-15(21)10-16/h4-10H,11H2,1-3H3,(H,22,27)(H,24,28). The minimum atomic E-state index is -0.566. The summed E-state index contributed by atoms with van der Waals surface area (Å²) >= 11 is 3.40. The van der Waals surface area contributed by atoms with Gasteiger partial charge in [0.1, 0.15) is 5.75 Å². The topological polar surface area (TPSA) is 98.1 Å². The van der Waals surface area contributed by atoms with Crippen LogP contribution in [-0.2, 0) is 4.79 Å². The maximum atomic E-state index is 12.4. The average Bonchev–Trinajstić information content (AvgIpc) is 3.08. The van der Waals surface area contributed by atoms with Crippen LogP contribution in [0.2, 0.25) is 0 Å². The number of nitrogens with one attached hydrogen (secondary N) is 2. The average molecular weight is 458 g/mol. The number of rotatable bonds is 5. The van der Waals surface area contributed by atoms with Crippen LogP contribution in [0.4, 0.5) is 0 Å². The van der Waals surface area contributed by atoms with Gasteiger partial charge in [0, 0.05) is 4.47 Å². The molecule has 0 fully saturated rings. The summed E-state index contributed by atoms with van der Waals surface area (Å²) in [5, 5.41) is 7.93. The molecule has 0 aliphatic carbocycles. The van der Waals surface area contributed by atoms with E-state index in [1.807, 2.05) is 56.3 Å². The van der Waals surface area contributed by atoms with E-state index < -0.39 is 11.8 Å². The number of benzene rings is 2. The van der Waals surface area contributed by atoms with Gasteiger partial charge >= 0.3 is 0 Å². The van der Waals surface area contributed by atoms with E-state index in [4.69, 9.17) is 4.74 Å². The van der Waals surface area contributed by atoms with E-state index in [0.29, 0.717) is 11.4 Å². The van der Waals surface area contributed by atoms with E-state index in [0.717, 1.165) is 21.3 Å². The van der Waals surface area contributed by atoms with Crippen molar-refractivity contribution in [1.29, 1.82) is 0 Å². The van der Waals surface area contributed by atoms with Crippen LogP contribution >= 0.6 is 15.9 Å². The molecule has 2 amide bonds. The Balaban J connectivity index is 1.58. The molecule has 0 radical (unpaired) electrons. The summed E-state index contributed by atoms with van der Waals surface area (Å²) in [7, 11) is 0. The largest absolute Gasteiger partial charge is 0.483 e. The maximum absolute atomic E-state index is 12.4. The number of hydrogen-bond acceptors (Lipinski definition) is 5. The SMILES string of the molecule is Cc1ccc(C)c(OCC(=O)NNC(=O)c2nnn(-c3cccc(Br)c3)c2C)c1. The Kier molecular flexibility index (Phi) is 6.28. The van der Waals surface area contributed by atoms with Crippen molar-refractivity contribution < 1.29 is 14.3 Å². The third-order valence-corrected chi connectivity index (χ3v) is 4.67. The Morgan fingerprint density at radius 1 is 1.10 bits per heavy atom. The van der Waals surface area contributed by atoms with Crippen molar-refractivity contribution in [1.82, 2.24) is 25.8 Å². The van der Waals surface area contributed by atoms with Crippen molar-refractivity contribution in [2.24, 2.45) is 0 Å². The van der Waals surface area contributed by atoms with Crippen molar-refractivity contribution in [3.05, 3.63) is 69.5 Å². The predicted octanol–water partition coefficient (Wildman–Crippen LogP) is 2.80. The van der Waals surface area contributed by atoms with Gasteiger partial charge in [-0.1, -0.05) is 39.3 Å². The first-order chi connectivity index (χ1) is 13.8. The molecule has 0 unspecified atom stereocenters. The van der Waals surface area contributed by atoms with E-state index in [-0.39, 0.29) is 12.3 Å². The van der Waals surface area contributed by atoms with Gasteiger partial charge < -0.3 is 4.74 Å². The first-order valence-electron chi connectivity index (χ1n) is 8.82. The predicted molar refractivity (Wildman–Crippen MR) is 111 cm³/mol. The quantitative estimate of drug-likeness (QED) is 0.573. The van der Waals surface area contributed by atoms with Crippen molar-refractivity contribution in [3.63, 3.8) is 0 Å². The molecule has 0 saturated carbocycles. The van der Waals surface area contributed by atoms with Crippen LogP contribution in [0.15, 0.2) is 46.9 Å². The summed E-state index contributed by atoms with van der Waals surface area (Å²) in [6.07, 6.45) is 0. The molecule has 1 aromatic heterocycles. The zero-order chi connectivity index (χ0) is 21.0. The molecule has 3 rings (SSSR count). The lowest BCUT2D eigenvalue weighted by Crippen LogP contribution is -2.44. The number of halogens is 1. The van der Waals surface area contributed by atoms with Crippen LogP contribution < -0.4 is 15.6 Å². The second-order valence-corrected chi connectivity index (χ2v) is 7.39. The highest BCUT2D eigenvalue weighted by atomic mass is 79.9. The van der Waals surface area contributed by atoms with Gasteiger partial charge in [-0.15, -0.1) is 5.10 Å². The van der Waals surface area contributed by atoms with Gasteiger partial charge in [-0.3, -0.25) is 20.4 Å². The van der Waals surface area contributed by atoms with Crippen molar-refractivity contribution in [2.75, 3.05) is 6.61 Å². The van der Waals surface area contributed by atoms with Crippen LogP contribution in [0.3, 0.4) is 0 Å². The minimum Gasteiger partial charge on any atom is -0.483 e. The van der Waals surface area contributed by atoms with Gasteiger partial charge in [0.15, 0.2) is 12.3 Å². The number of hydrazine groups is 1. The molecule has 1 heterocycles. The van der Waals surface area contributed by atoms with Gasteiger partial charge in [0.2, 0.25) is 0 Å². The lowest BCUT2D eigenvalue weighted by atomic mass is 10.1. The Morgan fingerprint density at radius 3 is 2.66 bits per heavy atom. The molecule has 2 aromatic carbocycles. The van der Waals surface area contributed by atoms with Crippen molar-refractivity contribution in [2.45, 2.75) is 20.8 Å². The number of aromatic nitrogens is 3. The molecule has 0 bridgehead atoms. The molecular formula is C20H20BrN5O3. The molecule has 0 spiro atoms. The molecule has 0 atom stereocenters. The van der Waals surface area contributed by atoms with E-state index >= 15 is 0 Å². The summed E-state index contributed by atoms with van der Waals surface area (Å²) in [6, 6.07) is 13.2. The summed E-state index contributed by atoms with van der Waals surface area (Å²) in [5.74, 6) is -0.431. The summed E-state index contributed by atoms with van der Waals surface area (Å²) in [6.45, 7) is 5.33. The molecule has 2 N–H and O–H groups in total. The molecular weight excluding hydrogens is 438 g/mol. The summed E-state index contributed by atoms with van der Waals surface area (Å²) in [4.78, 5) is 24.4. The second-order valence-electron chi connectivity index (χ2n) is 6.48. The van der Waals surface area contributed by atoms with Crippen LogP contribution in [-0.4, -0.2) is 33.4 Å². The number of amides is 2. The van der Waals surface area contributed by atoms with Crippen LogP contribution in [0.5, 0.6) is 5.75 Å². The Hall–Kier alpha value is -3.20. The van der Waals surface area contributed by atoms with Gasteiger partial charge in [-0.25, -0.2) is 4.68 Å². The fraction of sp³-hybridized carbons (Fsp3) is 0.200. The number of carbonyl (C=O) groups is 2. The van der Waals surface area contributed by atoms with Gasteiger partial charge in [0.25, 0.3) is 11.8 Å². The zero-order valence-corrected chi connectivity index (χ0v) is 17.8. The number of aryl methyl sites for hydroxylation is 2. The molecule has 150 valence electrons. The molecule has 8 nitrogen and oxygen atoms in total. The van der Waals surface area contributed by atoms with Crippen molar-refractivity contribution >= 4 is 27.7 Å². The van der Waals surface area contributed by atoms with E-state index in [2.05, 4.69) is 37.1 Å². The normalized spacial score (nSPS) is 10.5.